The fraction of sp³-hybridized carbons (Fsp3) is 0.364. The molecule has 16 heavy (non-hydrogen) atoms. The molecule has 0 saturated heterocycles. The van der Waals surface area contributed by atoms with Crippen molar-refractivity contribution >= 4 is 5.78 Å². The minimum absolute atomic E-state index is 0.0792. The summed E-state index contributed by atoms with van der Waals surface area (Å²) < 4.78 is 4.96. The van der Waals surface area contributed by atoms with E-state index in [0.717, 1.165) is 0 Å². The van der Waals surface area contributed by atoms with Crippen molar-refractivity contribution in [3.05, 3.63) is 39.9 Å². The standard InChI is InChI=1S/C11H13NO4/c1-16-10-6-4-9(5-7-10)11(13)3-2-8-12(14)15/h4-7H,2-3,8H2,1H3. The van der Waals surface area contributed by atoms with Crippen molar-refractivity contribution in [3.63, 3.8) is 0 Å². The highest BCUT2D eigenvalue weighted by Crippen LogP contribution is 2.13. The van der Waals surface area contributed by atoms with Crippen LogP contribution in [0.25, 0.3) is 0 Å². The molecule has 0 saturated carbocycles. The van der Waals surface area contributed by atoms with Crippen LogP contribution in [0.3, 0.4) is 0 Å². The summed E-state index contributed by atoms with van der Waals surface area (Å²) in [5.74, 6) is 0.603. The molecule has 0 aliphatic carbocycles. The number of carbonyl (C=O) groups is 1. The molecule has 5 heteroatoms. The van der Waals surface area contributed by atoms with E-state index in [1.165, 1.54) is 0 Å². The van der Waals surface area contributed by atoms with Gasteiger partial charge in [-0.2, -0.15) is 0 Å². The lowest BCUT2D eigenvalue weighted by Crippen LogP contribution is -2.05. The van der Waals surface area contributed by atoms with Crippen molar-refractivity contribution in [2.45, 2.75) is 12.8 Å². The van der Waals surface area contributed by atoms with Crippen molar-refractivity contribution in [1.29, 1.82) is 0 Å². The van der Waals surface area contributed by atoms with E-state index in [4.69, 9.17) is 4.74 Å². The largest absolute Gasteiger partial charge is 0.497 e. The second-order valence-electron chi connectivity index (χ2n) is 3.31. The van der Waals surface area contributed by atoms with Crippen LogP contribution >= 0.6 is 0 Å². The van der Waals surface area contributed by atoms with Gasteiger partial charge >= 0.3 is 0 Å². The molecule has 0 atom stereocenters. The second kappa shape index (κ2) is 5.85. The number of hydrogen-bond donors (Lipinski definition) is 0. The summed E-state index contributed by atoms with van der Waals surface area (Å²) in [6, 6.07) is 6.71. The maximum atomic E-state index is 11.6. The second-order valence-corrected chi connectivity index (χ2v) is 3.31. The Morgan fingerprint density at radius 1 is 1.38 bits per heavy atom. The van der Waals surface area contributed by atoms with E-state index in [9.17, 15) is 14.9 Å². The lowest BCUT2D eigenvalue weighted by molar-refractivity contribution is -0.480. The summed E-state index contributed by atoms with van der Waals surface area (Å²) in [6.45, 7) is -0.165. The predicted octanol–water partition coefficient (Wildman–Crippen LogP) is 1.93. The molecule has 0 bridgehead atoms. The van der Waals surface area contributed by atoms with Gasteiger partial charge in [-0.15, -0.1) is 0 Å². The van der Waals surface area contributed by atoms with Crippen LogP contribution in [0.1, 0.15) is 23.2 Å². The molecule has 0 amide bonds. The smallest absolute Gasteiger partial charge is 0.204 e. The topological polar surface area (TPSA) is 69.4 Å². The number of ketones is 1. The zero-order valence-electron chi connectivity index (χ0n) is 9.01. The Morgan fingerprint density at radius 2 is 2.00 bits per heavy atom. The van der Waals surface area contributed by atoms with Crippen LogP contribution in [-0.2, 0) is 0 Å². The Morgan fingerprint density at radius 3 is 2.50 bits per heavy atom. The molecule has 0 spiro atoms. The van der Waals surface area contributed by atoms with Gasteiger partial charge in [0.2, 0.25) is 6.54 Å². The Labute approximate surface area is 93.2 Å². The van der Waals surface area contributed by atoms with E-state index < -0.39 is 4.92 Å². The number of benzene rings is 1. The maximum absolute atomic E-state index is 11.6. The number of methoxy groups -OCH3 is 1. The zero-order valence-corrected chi connectivity index (χ0v) is 9.01. The number of ether oxygens (including phenoxy) is 1. The van der Waals surface area contributed by atoms with Gasteiger partial charge in [-0.05, 0) is 24.3 Å². The Bertz CT molecular complexity index is 372. The molecule has 1 rings (SSSR count). The molecule has 0 unspecified atom stereocenters. The first-order valence-electron chi connectivity index (χ1n) is 4.92. The van der Waals surface area contributed by atoms with E-state index in [1.807, 2.05) is 0 Å². The number of carbonyl (C=O) groups excluding carboxylic acids is 1. The van der Waals surface area contributed by atoms with Crippen molar-refractivity contribution in [3.8, 4) is 5.75 Å². The number of hydrogen-bond acceptors (Lipinski definition) is 4. The van der Waals surface area contributed by atoms with Crippen molar-refractivity contribution in [1.82, 2.24) is 0 Å². The average molecular weight is 223 g/mol. The summed E-state index contributed by atoms with van der Waals surface area (Å²) in [6.07, 6.45) is 0.477. The summed E-state index contributed by atoms with van der Waals surface area (Å²) in [5, 5.41) is 10.1. The first-order valence-corrected chi connectivity index (χ1v) is 4.92. The lowest BCUT2D eigenvalue weighted by atomic mass is 10.1. The molecule has 1 aromatic rings. The van der Waals surface area contributed by atoms with Gasteiger partial charge in [0, 0.05) is 23.3 Å². The molecular weight excluding hydrogens is 210 g/mol. The molecule has 0 radical (unpaired) electrons. The number of nitrogens with zero attached hydrogens (tertiary/aromatic N) is 1. The number of rotatable bonds is 6. The van der Waals surface area contributed by atoms with E-state index in [-0.39, 0.29) is 25.2 Å². The van der Waals surface area contributed by atoms with Gasteiger partial charge in [-0.25, -0.2) is 0 Å². The fourth-order valence-electron chi connectivity index (χ4n) is 1.29. The highest BCUT2D eigenvalue weighted by Gasteiger charge is 2.07. The molecule has 1 aromatic carbocycles. The van der Waals surface area contributed by atoms with Gasteiger partial charge in [-0.3, -0.25) is 14.9 Å². The maximum Gasteiger partial charge on any atom is 0.204 e. The number of Topliss-reactive ketones (excluding diaryl/α,β-unsaturated/α-hetero) is 1. The molecule has 0 fully saturated rings. The summed E-state index contributed by atoms with van der Waals surface area (Å²) >= 11 is 0. The van der Waals surface area contributed by atoms with Crippen molar-refractivity contribution in [2.75, 3.05) is 13.7 Å². The first-order chi connectivity index (χ1) is 7.63. The van der Waals surface area contributed by atoms with Gasteiger partial charge in [0.1, 0.15) is 5.75 Å². The monoisotopic (exact) mass is 223 g/mol. The van der Waals surface area contributed by atoms with E-state index in [1.54, 1.807) is 31.4 Å². The molecule has 0 heterocycles. The van der Waals surface area contributed by atoms with E-state index >= 15 is 0 Å². The average Bonchev–Trinajstić information content (AvgIpc) is 2.28. The van der Waals surface area contributed by atoms with Crippen LogP contribution in [0.4, 0.5) is 0 Å². The van der Waals surface area contributed by atoms with Gasteiger partial charge in [0.15, 0.2) is 5.78 Å². The molecule has 5 nitrogen and oxygen atoms in total. The van der Waals surface area contributed by atoms with Crippen molar-refractivity contribution < 1.29 is 14.5 Å². The molecule has 86 valence electrons. The van der Waals surface area contributed by atoms with Crippen LogP contribution in [-0.4, -0.2) is 24.4 Å². The van der Waals surface area contributed by atoms with Crippen LogP contribution < -0.4 is 4.74 Å². The summed E-state index contributed by atoms with van der Waals surface area (Å²) in [5.41, 5.74) is 0.559. The van der Waals surface area contributed by atoms with Crippen LogP contribution in [0.5, 0.6) is 5.75 Å². The van der Waals surface area contributed by atoms with Gasteiger partial charge in [0.05, 0.1) is 7.11 Å². The quantitative estimate of drug-likeness (QED) is 0.419. The molecule has 0 N–H and O–H groups in total. The predicted molar refractivity (Wildman–Crippen MR) is 58.4 cm³/mol. The van der Waals surface area contributed by atoms with Crippen LogP contribution in [0, 0.1) is 10.1 Å². The molecular formula is C11H13NO4. The Hall–Kier alpha value is -1.91. The highest BCUT2D eigenvalue weighted by atomic mass is 16.6. The van der Waals surface area contributed by atoms with Crippen molar-refractivity contribution in [2.24, 2.45) is 0 Å². The van der Waals surface area contributed by atoms with Gasteiger partial charge < -0.3 is 4.74 Å². The minimum Gasteiger partial charge on any atom is -0.497 e. The molecule has 0 aliphatic heterocycles. The molecule has 0 aliphatic rings. The van der Waals surface area contributed by atoms with Crippen LogP contribution in [0.15, 0.2) is 24.3 Å². The zero-order chi connectivity index (χ0) is 12.0. The minimum atomic E-state index is -0.415. The SMILES string of the molecule is COc1ccc(C(=O)CCC[N+](=O)[O-])cc1. The van der Waals surface area contributed by atoms with Gasteiger partial charge in [-0.1, -0.05) is 0 Å². The summed E-state index contributed by atoms with van der Waals surface area (Å²) in [4.78, 5) is 21.2. The highest BCUT2D eigenvalue weighted by molar-refractivity contribution is 5.96. The normalized spacial score (nSPS) is 9.81. The Balaban J connectivity index is 2.49. The van der Waals surface area contributed by atoms with Crippen LogP contribution in [0.2, 0.25) is 0 Å². The number of nitro groups is 1. The third kappa shape index (κ3) is 3.68. The fourth-order valence-corrected chi connectivity index (χ4v) is 1.29. The third-order valence-corrected chi connectivity index (χ3v) is 2.16. The lowest BCUT2D eigenvalue weighted by Gasteiger charge is -2.01. The van der Waals surface area contributed by atoms with Gasteiger partial charge in [0.25, 0.3) is 0 Å². The third-order valence-electron chi connectivity index (χ3n) is 2.16. The van der Waals surface area contributed by atoms with E-state index in [2.05, 4.69) is 0 Å². The Kier molecular flexibility index (Phi) is 4.44. The summed E-state index contributed by atoms with van der Waals surface area (Å²) in [7, 11) is 1.55. The van der Waals surface area contributed by atoms with E-state index in [0.29, 0.717) is 11.3 Å². The first kappa shape index (κ1) is 12.2. The molecule has 0 aromatic heterocycles.